The Labute approximate surface area is 124 Å². The van der Waals surface area contributed by atoms with E-state index in [1.54, 1.807) is 18.2 Å². The number of nitrogens with one attached hydrogen (secondary N) is 1. The summed E-state index contributed by atoms with van der Waals surface area (Å²) in [5.74, 6) is 1.26. The fourth-order valence-electron chi connectivity index (χ4n) is 1.37. The number of hydrogen-bond acceptors (Lipinski definition) is 4. The summed E-state index contributed by atoms with van der Waals surface area (Å²) in [6.45, 7) is 4.70. The molecule has 0 aromatic heterocycles. The molecule has 1 aromatic rings. The number of benzene rings is 1. The number of carbonyl (C=O) groups excluding carboxylic acids is 1. The molecule has 1 N–H and O–H groups in total. The van der Waals surface area contributed by atoms with E-state index in [1.807, 2.05) is 6.92 Å². The smallest absolute Gasteiger partial charge is 0.406 e. The lowest BCUT2D eigenvalue weighted by molar-refractivity contribution is 0.168. The first-order valence-corrected chi connectivity index (χ1v) is 6.85. The molecule has 1 unspecified atom stereocenters. The normalized spacial score (nSPS) is 11.6. The van der Waals surface area contributed by atoms with Gasteiger partial charge in [0.1, 0.15) is 18.1 Å². The van der Waals surface area contributed by atoms with Crippen molar-refractivity contribution in [2.24, 2.45) is 0 Å². The van der Waals surface area contributed by atoms with Crippen molar-refractivity contribution in [3.05, 3.63) is 23.2 Å². The van der Waals surface area contributed by atoms with Crippen molar-refractivity contribution in [1.29, 1.82) is 0 Å². The summed E-state index contributed by atoms with van der Waals surface area (Å²) in [7, 11) is 1.31. The van der Waals surface area contributed by atoms with Crippen LogP contribution in [0.2, 0.25) is 5.02 Å². The second kappa shape index (κ2) is 8.53. The lowest BCUT2D eigenvalue weighted by Crippen LogP contribution is -2.27. The van der Waals surface area contributed by atoms with Crippen LogP contribution in [0.15, 0.2) is 18.2 Å². The molecule has 1 atom stereocenters. The Hall–Kier alpha value is -1.62. The molecule has 0 saturated carbocycles. The molecule has 0 fully saturated rings. The summed E-state index contributed by atoms with van der Waals surface area (Å²) in [5.41, 5.74) is 0. The number of ether oxygens (including phenoxy) is 3. The van der Waals surface area contributed by atoms with Crippen LogP contribution < -0.4 is 14.8 Å². The van der Waals surface area contributed by atoms with Crippen LogP contribution in [0.25, 0.3) is 0 Å². The van der Waals surface area contributed by atoms with E-state index < -0.39 is 6.09 Å². The minimum Gasteiger partial charge on any atom is -0.491 e. The summed E-state index contributed by atoms with van der Waals surface area (Å²) < 4.78 is 15.6. The van der Waals surface area contributed by atoms with Gasteiger partial charge in [0.15, 0.2) is 0 Å². The van der Waals surface area contributed by atoms with Crippen LogP contribution in [0.4, 0.5) is 4.79 Å². The van der Waals surface area contributed by atoms with Gasteiger partial charge < -0.3 is 19.5 Å². The first kappa shape index (κ1) is 16.4. The molecule has 1 aromatic carbocycles. The SMILES string of the molecule is CCC(C)Oc1ccc(OCCNC(=O)OC)c(Cl)c1. The molecule has 0 aliphatic rings. The highest BCUT2D eigenvalue weighted by Crippen LogP contribution is 2.29. The Morgan fingerprint density at radius 2 is 2.20 bits per heavy atom. The van der Waals surface area contributed by atoms with Crippen molar-refractivity contribution in [2.75, 3.05) is 20.3 Å². The lowest BCUT2D eigenvalue weighted by atomic mass is 10.3. The molecule has 1 amide bonds. The maximum absolute atomic E-state index is 10.8. The van der Waals surface area contributed by atoms with Gasteiger partial charge in [-0.25, -0.2) is 4.79 Å². The minimum atomic E-state index is -0.489. The topological polar surface area (TPSA) is 56.8 Å². The zero-order valence-corrected chi connectivity index (χ0v) is 12.7. The highest BCUT2D eigenvalue weighted by atomic mass is 35.5. The molecule has 0 bridgehead atoms. The van der Waals surface area contributed by atoms with E-state index in [9.17, 15) is 4.79 Å². The van der Waals surface area contributed by atoms with Gasteiger partial charge in [0.25, 0.3) is 0 Å². The van der Waals surface area contributed by atoms with Crippen LogP contribution >= 0.6 is 11.6 Å². The van der Waals surface area contributed by atoms with Gasteiger partial charge in [0, 0.05) is 6.07 Å². The first-order chi connectivity index (χ1) is 9.56. The average molecular weight is 302 g/mol. The highest BCUT2D eigenvalue weighted by molar-refractivity contribution is 6.32. The second-order valence-corrected chi connectivity index (χ2v) is 4.60. The Morgan fingerprint density at radius 3 is 2.80 bits per heavy atom. The quantitative estimate of drug-likeness (QED) is 0.785. The number of amides is 1. The average Bonchev–Trinajstić information content (AvgIpc) is 2.44. The third-order valence-electron chi connectivity index (χ3n) is 2.63. The van der Waals surface area contributed by atoms with Crippen LogP contribution in [-0.2, 0) is 4.74 Å². The molecule has 0 heterocycles. The van der Waals surface area contributed by atoms with Gasteiger partial charge in [-0.15, -0.1) is 0 Å². The predicted molar refractivity (Wildman–Crippen MR) is 77.7 cm³/mol. The number of alkyl carbamates (subject to hydrolysis) is 1. The Bertz CT molecular complexity index is 439. The Balaban J connectivity index is 2.45. The summed E-state index contributed by atoms with van der Waals surface area (Å²) in [4.78, 5) is 10.8. The number of methoxy groups -OCH3 is 1. The largest absolute Gasteiger partial charge is 0.491 e. The van der Waals surface area contributed by atoms with Gasteiger partial charge in [0.2, 0.25) is 0 Å². The van der Waals surface area contributed by atoms with Crippen molar-refractivity contribution >= 4 is 17.7 Å². The molecule has 0 aliphatic heterocycles. The number of halogens is 1. The molecule has 0 aliphatic carbocycles. The molecule has 5 nitrogen and oxygen atoms in total. The number of rotatable bonds is 7. The fraction of sp³-hybridized carbons (Fsp3) is 0.500. The predicted octanol–water partition coefficient (Wildman–Crippen LogP) is 3.25. The molecular formula is C14H20ClNO4. The summed E-state index contributed by atoms with van der Waals surface area (Å²) in [6, 6.07) is 5.27. The lowest BCUT2D eigenvalue weighted by Gasteiger charge is -2.14. The minimum absolute atomic E-state index is 0.141. The summed E-state index contributed by atoms with van der Waals surface area (Å²) >= 11 is 6.11. The van der Waals surface area contributed by atoms with Crippen LogP contribution in [0, 0.1) is 0 Å². The standard InChI is InChI=1S/C14H20ClNO4/c1-4-10(2)20-11-5-6-13(12(15)9-11)19-8-7-16-14(17)18-3/h5-6,9-10H,4,7-8H2,1-3H3,(H,16,17). The van der Waals surface area contributed by atoms with E-state index in [0.717, 1.165) is 6.42 Å². The Kier molecular flexibility index (Phi) is 7.01. The first-order valence-electron chi connectivity index (χ1n) is 6.47. The molecule has 20 heavy (non-hydrogen) atoms. The van der Waals surface area contributed by atoms with E-state index in [-0.39, 0.29) is 6.10 Å². The molecule has 0 radical (unpaired) electrons. The van der Waals surface area contributed by atoms with Crippen molar-refractivity contribution in [1.82, 2.24) is 5.32 Å². The third-order valence-corrected chi connectivity index (χ3v) is 2.93. The maximum atomic E-state index is 10.8. The highest BCUT2D eigenvalue weighted by Gasteiger charge is 2.06. The molecule has 112 valence electrons. The van der Waals surface area contributed by atoms with Gasteiger partial charge in [-0.05, 0) is 25.5 Å². The summed E-state index contributed by atoms with van der Waals surface area (Å²) in [6.07, 6.45) is 0.578. The van der Waals surface area contributed by atoms with Crippen LogP contribution in [0.5, 0.6) is 11.5 Å². The van der Waals surface area contributed by atoms with E-state index in [4.69, 9.17) is 21.1 Å². The summed E-state index contributed by atoms with van der Waals surface area (Å²) in [5, 5.41) is 2.99. The van der Waals surface area contributed by atoms with Crippen molar-refractivity contribution in [3.8, 4) is 11.5 Å². The zero-order valence-electron chi connectivity index (χ0n) is 11.9. The molecule has 1 rings (SSSR count). The van der Waals surface area contributed by atoms with E-state index in [0.29, 0.717) is 29.7 Å². The second-order valence-electron chi connectivity index (χ2n) is 4.20. The monoisotopic (exact) mass is 301 g/mol. The van der Waals surface area contributed by atoms with Crippen molar-refractivity contribution in [2.45, 2.75) is 26.4 Å². The third kappa shape index (κ3) is 5.57. The van der Waals surface area contributed by atoms with Gasteiger partial charge >= 0.3 is 6.09 Å². The van der Waals surface area contributed by atoms with Crippen LogP contribution in [0.3, 0.4) is 0 Å². The van der Waals surface area contributed by atoms with Crippen molar-refractivity contribution in [3.63, 3.8) is 0 Å². The Morgan fingerprint density at radius 1 is 1.45 bits per heavy atom. The molecule has 6 heteroatoms. The van der Waals surface area contributed by atoms with Gasteiger partial charge in [-0.2, -0.15) is 0 Å². The van der Waals surface area contributed by atoms with Crippen LogP contribution in [0.1, 0.15) is 20.3 Å². The fourth-order valence-corrected chi connectivity index (χ4v) is 1.60. The molecule has 0 spiro atoms. The number of carbonyl (C=O) groups is 1. The van der Waals surface area contributed by atoms with E-state index in [1.165, 1.54) is 7.11 Å². The zero-order chi connectivity index (χ0) is 15.0. The van der Waals surface area contributed by atoms with Gasteiger partial charge in [0.05, 0.1) is 24.8 Å². The maximum Gasteiger partial charge on any atom is 0.406 e. The number of hydrogen-bond donors (Lipinski definition) is 1. The van der Waals surface area contributed by atoms with E-state index >= 15 is 0 Å². The van der Waals surface area contributed by atoms with E-state index in [2.05, 4.69) is 17.0 Å². The van der Waals surface area contributed by atoms with Crippen LogP contribution in [-0.4, -0.2) is 32.5 Å². The van der Waals surface area contributed by atoms with Crippen molar-refractivity contribution < 1.29 is 19.0 Å². The van der Waals surface area contributed by atoms with Gasteiger partial charge in [-0.3, -0.25) is 0 Å². The van der Waals surface area contributed by atoms with Gasteiger partial charge in [-0.1, -0.05) is 18.5 Å². The molecule has 0 saturated heterocycles. The molecular weight excluding hydrogens is 282 g/mol.